The van der Waals surface area contributed by atoms with E-state index in [4.69, 9.17) is 15.2 Å². The first kappa shape index (κ1) is 11.7. The summed E-state index contributed by atoms with van der Waals surface area (Å²) in [5.74, 6) is 0.927. The van der Waals surface area contributed by atoms with Gasteiger partial charge in [-0.05, 0) is 12.1 Å². The van der Waals surface area contributed by atoms with Crippen LogP contribution in [0.1, 0.15) is 9.80 Å². The molecule has 7 nitrogen and oxygen atoms in total. The molecule has 0 fully saturated rings. The zero-order valence-electron chi connectivity index (χ0n) is 9.75. The molecule has 1 amide bonds. The number of nitrogens with one attached hydrogen (secondary N) is 1. The molecule has 0 spiro atoms. The van der Waals surface area contributed by atoms with Crippen LogP contribution in [0.15, 0.2) is 18.2 Å². The maximum atomic E-state index is 11.9. The van der Waals surface area contributed by atoms with Crippen molar-refractivity contribution in [2.75, 3.05) is 24.3 Å². The Morgan fingerprint density at radius 3 is 2.79 bits per heavy atom. The van der Waals surface area contributed by atoms with Crippen molar-refractivity contribution in [2.45, 2.75) is 0 Å². The number of nitrogens with zero attached hydrogens (tertiary/aromatic N) is 2. The molecule has 0 atom stereocenters. The van der Waals surface area contributed by atoms with Crippen LogP contribution in [0.5, 0.6) is 11.5 Å². The van der Waals surface area contributed by atoms with Crippen molar-refractivity contribution < 1.29 is 14.3 Å². The Labute approximate surface area is 112 Å². The third-order valence-corrected chi connectivity index (χ3v) is 3.19. The SMILES string of the molecule is Nc1nnc(C(=O)Nc2ccc3c(c2)OCCO3)s1. The Morgan fingerprint density at radius 1 is 1.26 bits per heavy atom. The van der Waals surface area contributed by atoms with Gasteiger partial charge in [-0.1, -0.05) is 11.3 Å². The van der Waals surface area contributed by atoms with Crippen LogP contribution >= 0.6 is 11.3 Å². The molecule has 3 rings (SSSR count). The van der Waals surface area contributed by atoms with Gasteiger partial charge in [-0.2, -0.15) is 0 Å². The highest BCUT2D eigenvalue weighted by molar-refractivity contribution is 7.16. The van der Waals surface area contributed by atoms with Crippen LogP contribution in [-0.2, 0) is 0 Å². The maximum absolute atomic E-state index is 11.9. The summed E-state index contributed by atoms with van der Waals surface area (Å²) in [6, 6.07) is 5.19. The topological polar surface area (TPSA) is 99.4 Å². The van der Waals surface area contributed by atoms with Gasteiger partial charge in [0.2, 0.25) is 10.1 Å². The summed E-state index contributed by atoms with van der Waals surface area (Å²) >= 11 is 1.03. The maximum Gasteiger partial charge on any atom is 0.286 e. The second kappa shape index (κ2) is 4.73. The molecular formula is C11H10N4O3S. The Bertz CT molecular complexity index is 628. The minimum atomic E-state index is -0.356. The van der Waals surface area contributed by atoms with Crippen molar-refractivity contribution in [2.24, 2.45) is 0 Å². The summed E-state index contributed by atoms with van der Waals surface area (Å²) in [5.41, 5.74) is 6.03. The van der Waals surface area contributed by atoms with Gasteiger partial charge in [0, 0.05) is 11.8 Å². The summed E-state index contributed by atoms with van der Waals surface area (Å²) in [6.45, 7) is 1.03. The van der Waals surface area contributed by atoms with E-state index in [1.54, 1.807) is 18.2 Å². The lowest BCUT2D eigenvalue weighted by Crippen LogP contribution is -2.16. The summed E-state index contributed by atoms with van der Waals surface area (Å²) in [5, 5.41) is 10.4. The number of amides is 1. The average Bonchev–Trinajstić information content (AvgIpc) is 2.85. The first-order valence-corrected chi connectivity index (χ1v) is 6.34. The first-order valence-electron chi connectivity index (χ1n) is 5.52. The number of hydrogen-bond donors (Lipinski definition) is 2. The van der Waals surface area contributed by atoms with Crippen LogP contribution in [-0.4, -0.2) is 29.3 Å². The Balaban J connectivity index is 1.78. The van der Waals surface area contributed by atoms with E-state index >= 15 is 0 Å². The van der Waals surface area contributed by atoms with Crippen LogP contribution in [0.2, 0.25) is 0 Å². The molecule has 0 bridgehead atoms. The van der Waals surface area contributed by atoms with Crippen molar-refractivity contribution in [3.8, 4) is 11.5 Å². The molecule has 0 saturated carbocycles. The van der Waals surface area contributed by atoms with Crippen molar-refractivity contribution >= 4 is 28.1 Å². The molecule has 98 valence electrons. The van der Waals surface area contributed by atoms with Crippen molar-refractivity contribution in [1.29, 1.82) is 0 Å². The van der Waals surface area contributed by atoms with E-state index in [1.807, 2.05) is 0 Å². The standard InChI is InChI=1S/C11H10N4O3S/c12-11-15-14-10(19-11)9(16)13-6-1-2-7-8(5-6)18-4-3-17-7/h1-2,5H,3-4H2,(H2,12,15)(H,13,16). The molecule has 3 N–H and O–H groups in total. The largest absolute Gasteiger partial charge is 0.486 e. The number of aromatic nitrogens is 2. The van der Waals surface area contributed by atoms with E-state index in [1.165, 1.54) is 0 Å². The number of hydrogen-bond acceptors (Lipinski definition) is 7. The van der Waals surface area contributed by atoms with Crippen LogP contribution in [0.25, 0.3) is 0 Å². The fraction of sp³-hybridized carbons (Fsp3) is 0.182. The summed E-state index contributed by atoms with van der Waals surface area (Å²) in [6.07, 6.45) is 0. The molecule has 1 aromatic heterocycles. The normalized spacial score (nSPS) is 13.1. The molecule has 1 aliphatic rings. The van der Waals surface area contributed by atoms with Gasteiger partial charge in [-0.15, -0.1) is 10.2 Å². The molecule has 19 heavy (non-hydrogen) atoms. The van der Waals surface area contributed by atoms with Crippen LogP contribution in [0, 0.1) is 0 Å². The molecule has 8 heteroatoms. The number of carbonyl (C=O) groups is 1. The number of ether oxygens (including phenoxy) is 2. The molecule has 0 aliphatic carbocycles. The van der Waals surface area contributed by atoms with Crippen molar-refractivity contribution in [3.63, 3.8) is 0 Å². The number of nitrogens with two attached hydrogens (primary N) is 1. The van der Waals surface area contributed by atoms with E-state index in [-0.39, 0.29) is 16.0 Å². The lowest BCUT2D eigenvalue weighted by atomic mass is 10.2. The van der Waals surface area contributed by atoms with Gasteiger partial charge in [0.05, 0.1) is 0 Å². The average molecular weight is 278 g/mol. The number of anilines is 2. The predicted octanol–water partition coefficient (Wildman–Crippen LogP) is 1.14. The monoisotopic (exact) mass is 278 g/mol. The fourth-order valence-electron chi connectivity index (χ4n) is 1.63. The highest BCUT2D eigenvalue weighted by Crippen LogP contribution is 2.32. The minimum absolute atomic E-state index is 0.215. The predicted molar refractivity (Wildman–Crippen MR) is 69.7 cm³/mol. The van der Waals surface area contributed by atoms with Gasteiger partial charge in [-0.3, -0.25) is 4.79 Å². The number of nitrogen functional groups attached to an aromatic ring is 1. The number of fused-ring (bicyclic) bond motifs is 1. The molecule has 0 saturated heterocycles. The van der Waals surface area contributed by atoms with Gasteiger partial charge in [0.1, 0.15) is 13.2 Å². The van der Waals surface area contributed by atoms with Crippen molar-refractivity contribution in [3.05, 3.63) is 23.2 Å². The fourth-order valence-corrected chi connectivity index (χ4v) is 2.14. The number of carbonyl (C=O) groups excluding carboxylic acids is 1. The number of rotatable bonds is 2. The first-order chi connectivity index (χ1) is 9.22. The van der Waals surface area contributed by atoms with Gasteiger partial charge >= 0.3 is 0 Å². The summed E-state index contributed by atoms with van der Waals surface area (Å²) < 4.78 is 10.8. The second-order valence-electron chi connectivity index (χ2n) is 3.76. The zero-order chi connectivity index (χ0) is 13.2. The molecular weight excluding hydrogens is 268 g/mol. The van der Waals surface area contributed by atoms with E-state index in [2.05, 4.69) is 15.5 Å². The molecule has 0 unspecified atom stereocenters. The van der Waals surface area contributed by atoms with Crippen LogP contribution in [0.3, 0.4) is 0 Å². The van der Waals surface area contributed by atoms with E-state index < -0.39 is 0 Å². The molecule has 0 radical (unpaired) electrons. The highest BCUT2D eigenvalue weighted by atomic mass is 32.1. The molecule has 1 aliphatic heterocycles. The third-order valence-electron chi connectivity index (χ3n) is 2.43. The Hall–Kier alpha value is -2.35. The summed E-state index contributed by atoms with van der Waals surface area (Å²) in [4.78, 5) is 11.9. The van der Waals surface area contributed by atoms with Gasteiger partial charge < -0.3 is 20.5 Å². The smallest absolute Gasteiger partial charge is 0.286 e. The number of benzene rings is 1. The van der Waals surface area contributed by atoms with Crippen molar-refractivity contribution in [1.82, 2.24) is 10.2 Å². The van der Waals surface area contributed by atoms with Crippen LogP contribution < -0.4 is 20.5 Å². The molecule has 1 aromatic carbocycles. The van der Waals surface area contributed by atoms with Gasteiger partial charge in [0.15, 0.2) is 11.5 Å². The van der Waals surface area contributed by atoms with Gasteiger partial charge in [-0.25, -0.2) is 0 Å². The highest BCUT2D eigenvalue weighted by Gasteiger charge is 2.15. The zero-order valence-corrected chi connectivity index (χ0v) is 10.6. The Morgan fingerprint density at radius 2 is 2.05 bits per heavy atom. The van der Waals surface area contributed by atoms with E-state index in [9.17, 15) is 4.79 Å². The van der Waals surface area contributed by atoms with Gasteiger partial charge in [0.25, 0.3) is 5.91 Å². The van der Waals surface area contributed by atoms with Crippen LogP contribution in [0.4, 0.5) is 10.8 Å². The Kier molecular flexibility index (Phi) is 2.92. The lowest BCUT2D eigenvalue weighted by Gasteiger charge is -2.18. The summed E-state index contributed by atoms with van der Waals surface area (Å²) in [7, 11) is 0. The third kappa shape index (κ3) is 2.43. The van der Waals surface area contributed by atoms with E-state index in [0.717, 1.165) is 11.3 Å². The van der Waals surface area contributed by atoms with E-state index in [0.29, 0.717) is 30.4 Å². The molecule has 2 heterocycles. The second-order valence-corrected chi connectivity index (χ2v) is 4.77. The quantitative estimate of drug-likeness (QED) is 0.854. The minimum Gasteiger partial charge on any atom is -0.486 e. The molecule has 2 aromatic rings. The lowest BCUT2D eigenvalue weighted by molar-refractivity contribution is 0.102.